The Morgan fingerprint density at radius 3 is 1.16 bits per heavy atom. The van der Waals surface area contributed by atoms with E-state index >= 15 is 0 Å². The van der Waals surface area contributed by atoms with E-state index < -0.39 is 47.2 Å². The number of carbonyl (C=O) groups is 3. The zero-order chi connectivity index (χ0) is 57.6. The summed E-state index contributed by atoms with van der Waals surface area (Å²) in [5, 5.41) is 18.1. The van der Waals surface area contributed by atoms with E-state index in [1.54, 1.807) is 12.2 Å². The molecule has 15 heteroatoms. The summed E-state index contributed by atoms with van der Waals surface area (Å²) < 4.78 is 119. The minimum Gasteiger partial charge on any atom is -0.481 e. The maximum atomic E-state index is 12.6. The standard InChI is InChI=1S/C23H23F3O2.C21H21F3O2.C21H19F3O2/c1-2-28-22(27)15-19-5-3-4-18-14-17(10-13-21(18)19)7-6-16-8-11-20(12-9-16)23(24,25)26;2*22-21(23,24)18-9-6-14(7-10-18)4-5-15-8-11-19-16(12-15)2-1-3-17(19)13-20(25)26/h6-14,19H,2-5,15H2,1H3;6-12,17H,1-5,13H2,(H,25,26);4-12,17H,1-3,13H2,(H,25,26)/b7-6+;;5-4+. The summed E-state index contributed by atoms with van der Waals surface area (Å²) in [6.45, 7) is 2.20. The van der Waals surface area contributed by atoms with Crippen LogP contribution in [0.15, 0.2) is 127 Å². The molecular weight excluding hydrogens is 1050 g/mol. The van der Waals surface area contributed by atoms with Gasteiger partial charge in [-0.15, -0.1) is 0 Å². The molecule has 3 unspecified atom stereocenters. The van der Waals surface area contributed by atoms with Crippen LogP contribution in [0.1, 0.15) is 166 Å². The molecule has 0 bridgehead atoms. The minimum absolute atomic E-state index is 0.0594. The largest absolute Gasteiger partial charge is 0.481 e. The normalized spacial score (nSPS) is 17.0. The molecule has 6 aromatic rings. The fraction of sp³-hybridized carbons (Fsp3) is 0.338. The molecular formula is C65H63F9O6. The molecule has 3 atom stereocenters. The monoisotopic (exact) mass is 1110 g/mol. The number of alkyl halides is 9. The van der Waals surface area contributed by atoms with E-state index in [0.29, 0.717) is 30.6 Å². The molecule has 2 N–H and O–H groups in total. The van der Waals surface area contributed by atoms with Crippen LogP contribution in [-0.4, -0.2) is 34.7 Å². The van der Waals surface area contributed by atoms with Gasteiger partial charge in [-0.2, -0.15) is 39.5 Å². The van der Waals surface area contributed by atoms with Crippen molar-refractivity contribution in [2.75, 3.05) is 6.61 Å². The predicted octanol–water partition coefficient (Wildman–Crippen LogP) is 17.4. The molecule has 0 aliphatic heterocycles. The fourth-order valence-electron chi connectivity index (χ4n) is 10.8. The van der Waals surface area contributed by atoms with Gasteiger partial charge in [0.1, 0.15) is 0 Å². The van der Waals surface area contributed by atoms with Gasteiger partial charge < -0.3 is 14.9 Å². The molecule has 0 fully saturated rings. The summed E-state index contributed by atoms with van der Waals surface area (Å²) in [6, 6.07) is 33.7. The molecule has 3 aliphatic carbocycles. The van der Waals surface area contributed by atoms with Gasteiger partial charge in [0, 0.05) is 0 Å². The fourth-order valence-corrected chi connectivity index (χ4v) is 10.8. The SMILES string of the molecule is CCOC(=O)CC1CCCc2cc(/C=C/c3ccc(C(F)(F)F)cc3)ccc21.O=C(O)CC1CCCc2cc(/C=C/c3ccc(C(F)(F)F)cc3)ccc21.O=C(O)CC1CCCc2cc(CCc3ccc(C(F)(F)F)cc3)ccc21. The van der Waals surface area contributed by atoms with Gasteiger partial charge in [-0.1, -0.05) is 115 Å². The number of carboxylic acid groups (broad SMARTS) is 2. The van der Waals surface area contributed by atoms with Gasteiger partial charge in [-0.25, -0.2) is 0 Å². The molecule has 6 aromatic carbocycles. The van der Waals surface area contributed by atoms with E-state index in [9.17, 15) is 53.9 Å². The minimum atomic E-state index is -4.33. The average Bonchev–Trinajstić information content (AvgIpc) is 3.44. The lowest BCUT2D eigenvalue weighted by Gasteiger charge is -2.25. The first kappa shape index (κ1) is 60.2. The van der Waals surface area contributed by atoms with Gasteiger partial charge in [-0.05, 0) is 198 Å². The topological polar surface area (TPSA) is 101 Å². The van der Waals surface area contributed by atoms with Gasteiger partial charge in [0.15, 0.2) is 0 Å². The summed E-state index contributed by atoms with van der Waals surface area (Å²) in [5.41, 5.74) is 10.5. The van der Waals surface area contributed by atoms with Crippen LogP contribution in [0.5, 0.6) is 0 Å². The van der Waals surface area contributed by atoms with Crippen LogP contribution in [0.2, 0.25) is 0 Å². The number of rotatable bonds is 14. The summed E-state index contributed by atoms with van der Waals surface area (Å²) in [4.78, 5) is 33.9. The molecule has 0 spiro atoms. The zero-order valence-corrected chi connectivity index (χ0v) is 44.2. The van der Waals surface area contributed by atoms with E-state index in [2.05, 4.69) is 18.2 Å². The van der Waals surface area contributed by atoms with Crippen molar-refractivity contribution in [2.24, 2.45) is 0 Å². The number of ether oxygens (including phenoxy) is 1. The molecule has 0 aromatic heterocycles. The van der Waals surface area contributed by atoms with Crippen molar-refractivity contribution >= 4 is 42.2 Å². The lowest BCUT2D eigenvalue weighted by Crippen LogP contribution is -2.15. The molecule has 0 saturated carbocycles. The number of benzene rings is 6. The van der Waals surface area contributed by atoms with Crippen molar-refractivity contribution < 1.29 is 68.8 Å². The maximum Gasteiger partial charge on any atom is 0.416 e. The molecule has 0 radical (unpaired) electrons. The number of carbonyl (C=O) groups excluding carboxylic acids is 1. The lowest BCUT2D eigenvalue weighted by atomic mass is 9.80. The highest BCUT2D eigenvalue weighted by Gasteiger charge is 2.32. The van der Waals surface area contributed by atoms with Crippen molar-refractivity contribution in [3.63, 3.8) is 0 Å². The average molecular weight is 1110 g/mol. The van der Waals surface area contributed by atoms with Crippen LogP contribution in [0, 0.1) is 0 Å². The van der Waals surface area contributed by atoms with Gasteiger partial charge >= 0.3 is 36.4 Å². The van der Waals surface area contributed by atoms with Crippen LogP contribution in [0.25, 0.3) is 24.3 Å². The lowest BCUT2D eigenvalue weighted by molar-refractivity contribution is -0.144. The first-order chi connectivity index (χ1) is 38.0. The summed E-state index contributed by atoms with van der Waals surface area (Å²) >= 11 is 0. The Morgan fingerprint density at radius 2 is 0.775 bits per heavy atom. The van der Waals surface area contributed by atoms with E-state index in [-0.39, 0.29) is 36.6 Å². The second kappa shape index (κ2) is 27.2. The van der Waals surface area contributed by atoms with Crippen LogP contribution < -0.4 is 0 Å². The number of hydrogen-bond donors (Lipinski definition) is 2. The molecule has 80 heavy (non-hydrogen) atoms. The molecule has 3 aliphatic rings. The highest BCUT2D eigenvalue weighted by Crippen LogP contribution is 2.38. The Balaban J connectivity index is 0.000000174. The van der Waals surface area contributed by atoms with E-state index in [4.69, 9.17) is 14.9 Å². The van der Waals surface area contributed by atoms with Gasteiger partial charge in [-0.3, -0.25) is 14.4 Å². The van der Waals surface area contributed by atoms with Gasteiger partial charge in [0.25, 0.3) is 0 Å². The molecule has 0 amide bonds. The quantitative estimate of drug-likeness (QED) is 0.0640. The zero-order valence-electron chi connectivity index (χ0n) is 44.2. The van der Waals surface area contributed by atoms with Crippen LogP contribution in [0.3, 0.4) is 0 Å². The number of aryl methyl sites for hydroxylation is 5. The molecule has 0 saturated heterocycles. The van der Waals surface area contributed by atoms with Crippen LogP contribution in [-0.2, 0) is 69.8 Å². The third kappa shape index (κ3) is 17.5. The van der Waals surface area contributed by atoms with Crippen LogP contribution in [0.4, 0.5) is 39.5 Å². The summed E-state index contributed by atoms with van der Waals surface area (Å²) in [6.07, 6.45) is 5.16. The Hall–Kier alpha value is -7.42. The van der Waals surface area contributed by atoms with Crippen molar-refractivity contribution in [3.05, 3.63) is 211 Å². The van der Waals surface area contributed by atoms with Crippen molar-refractivity contribution in [1.29, 1.82) is 0 Å². The van der Waals surface area contributed by atoms with Crippen LogP contribution >= 0.6 is 0 Å². The highest BCUT2D eigenvalue weighted by molar-refractivity contribution is 5.73. The Kier molecular flexibility index (Phi) is 20.4. The van der Waals surface area contributed by atoms with Crippen molar-refractivity contribution in [2.45, 2.75) is 133 Å². The van der Waals surface area contributed by atoms with E-state index in [1.165, 1.54) is 53.1 Å². The summed E-state index contributed by atoms with van der Waals surface area (Å²) in [7, 11) is 0. The number of halogens is 9. The Morgan fingerprint density at radius 1 is 0.450 bits per heavy atom. The third-order valence-corrected chi connectivity index (χ3v) is 14.8. The number of aliphatic carboxylic acids is 2. The van der Waals surface area contributed by atoms with Gasteiger partial charge in [0.05, 0.1) is 42.6 Å². The third-order valence-electron chi connectivity index (χ3n) is 14.8. The first-order valence-corrected chi connectivity index (χ1v) is 26.9. The Labute approximate surface area is 460 Å². The molecule has 6 nitrogen and oxygen atoms in total. The predicted molar refractivity (Wildman–Crippen MR) is 292 cm³/mol. The number of carboxylic acids is 2. The first-order valence-electron chi connectivity index (χ1n) is 26.9. The van der Waals surface area contributed by atoms with Crippen molar-refractivity contribution in [3.8, 4) is 0 Å². The maximum absolute atomic E-state index is 12.6. The van der Waals surface area contributed by atoms with E-state index in [0.717, 1.165) is 140 Å². The van der Waals surface area contributed by atoms with Gasteiger partial charge in [0.2, 0.25) is 0 Å². The molecule has 9 rings (SSSR count). The molecule has 422 valence electrons. The number of fused-ring (bicyclic) bond motifs is 3. The Bertz CT molecular complexity index is 3120. The number of esters is 1. The second-order valence-electron chi connectivity index (χ2n) is 20.5. The smallest absolute Gasteiger partial charge is 0.416 e. The second-order valence-corrected chi connectivity index (χ2v) is 20.5. The highest BCUT2D eigenvalue weighted by atomic mass is 19.4. The number of hydrogen-bond acceptors (Lipinski definition) is 4. The summed E-state index contributed by atoms with van der Waals surface area (Å²) in [5.74, 6) is -1.38. The van der Waals surface area contributed by atoms with Crippen molar-refractivity contribution in [1.82, 2.24) is 0 Å². The molecule has 0 heterocycles. The van der Waals surface area contributed by atoms with E-state index in [1.807, 2.05) is 55.5 Å².